The molecule has 5 heteroatoms. The minimum Gasteiger partial charge on any atom is -0.489 e. The lowest BCUT2D eigenvalue weighted by atomic mass is 10.1. The van der Waals surface area contributed by atoms with Crippen molar-refractivity contribution in [3.05, 3.63) is 76.2 Å². The molecule has 27 heavy (non-hydrogen) atoms. The second-order valence-corrected chi connectivity index (χ2v) is 6.61. The zero-order valence-corrected chi connectivity index (χ0v) is 16.0. The maximum Gasteiger partial charge on any atom is 0.315 e. The molecular formula is C22H23NO4. The summed E-state index contributed by atoms with van der Waals surface area (Å²) in [4.78, 5) is 12.3. The Labute approximate surface area is 158 Å². The van der Waals surface area contributed by atoms with Crippen LogP contribution in [-0.2, 0) is 17.8 Å². The second kappa shape index (κ2) is 8.08. The molecule has 2 aromatic carbocycles. The average Bonchev–Trinajstić information content (AvgIpc) is 2.96. The number of hydrogen-bond donors (Lipinski definition) is 0. The van der Waals surface area contributed by atoms with E-state index < -0.39 is 0 Å². The highest BCUT2D eigenvalue weighted by Crippen LogP contribution is 2.23. The maximum absolute atomic E-state index is 12.3. The van der Waals surface area contributed by atoms with Crippen LogP contribution in [-0.4, -0.2) is 11.1 Å². The summed E-state index contributed by atoms with van der Waals surface area (Å²) in [7, 11) is 0. The fourth-order valence-electron chi connectivity index (χ4n) is 2.84. The minimum atomic E-state index is -0.281. The summed E-state index contributed by atoms with van der Waals surface area (Å²) in [6.45, 7) is 8.01. The molecule has 5 nitrogen and oxygen atoms in total. The van der Waals surface area contributed by atoms with E-state index in [2.05, 4.69) is 5.16 Å². The number of aromatic nitrogens is 1. The predicted molar refractivity (Wildman–Crippen MR) is 102 cm³/mol. The van der Waals surface area contributed by atoms with E-state index in [0.29, 0.717) is 12.4 Å². The van der Waals surface area contributed by atoms with E-state index >= 15 is 0 Å². The highest BCUT2D eigenvalue weighted by Gasteiger charge is 2.12. The summed E-state index contributed by atoms with van der Waals surface area (Å²) in [5.74, 6) is 1.85. The number of esters is 1. The van der Waals surface area contributed by atoms with Crippen molar-refractivity contribution < 1.29 is 18.8 Å². The van der Waals surface area contributed by atoms with Gasteiger partial charge < -0.3 is 14.0 Å². The fraction of sp³-hybridized carbons (Fsp3) is 0.273. The van der Waals surface area contributed by atoms with Crippen molar-refractivity contribution in [2.24, 2.45) is 0 Å². The summed E-state index contributed by atoms with van der Waals surface area (Å²) >= 11 is 0. The van der Waals surface area contributed by atoms with Crippen molar-refractivity contribution in [1.29, 1.82) is 0 Å². The van der Waals surface area contributed by atoms with Gasteiger partial charge >= 0.3 is 5.97 Å². The molecule has 0 radical (unpaired) electrons. The predicted octanol–water partition coefficient (Wildman–Crippen LogP) is 4.64. The number of carbonyl (C=O) groups is 1. The Morgan fingerprint density at radius 3 is 2.26 bits per heavy atom. The summed E-state index contributed by atoms with van der Waals surface area (Å²) in [5.41, 5.74) is 4.56. The molecule has 0 atom stereocenters. The van der Waals surface area contributed by atoms with E-state index in [1.54, 1.807) is 0 Å². The number of carbonyl (C=O) groups excluding carboxylic acids is 1. The molecule has 0 amide bonds. The Morgan fingerprint density at radius 2 is 1.67 bits per heavy atom. The third-order valence-corrected chi connectivity index (χ3v) is 4.46. The highest BCUT2D eigenvalue weighted by atomic mass is 16.5. The number of para-hydroxylation sites is 1. The molecule has 0 spiro atoms. The number of ether oxygens (including phenoxy) is 2. The zero-order valence-electron chi connectivity index (χ0n) is 16.0. The molecule has 0 bridgehead atoms. The molecule has 3 rings (SSSR count). The van der Waals surface area contributed by atoms with Crippen molar-refractivity contribution >= 4 is 5.97 Å². The number of rotatable bonds is 6. The minimum absolute atomic E-state index is 0.206. The summed E-state index contributed by atoms with van der Waals surface area (Å²) in [6, 6.07) is 13.2. The van der Waals surface area contributed by atoms with Crippen molar-refractivity contribution in [2.45, 2.75) is 40.7 Å². The van der Waals surface area contributed by atoms with Gasteiger partial charge in [0.2, 0.25) is 0 Å². The molecule has 0 aliphatic heterocycles. The topological polar surface area (TPSA) is 61.6 Å². The number of nitrogens with zero attached hydrogens (tertiary/aromatic N) is 1. The third kappa shape index (κ3) is 4.56. The Morgan fingerprint density at radius 1 is 1.00 bits per heavy atom. The third-order valence-electron chi connectivity index (χ3n) is 4.46. The summed E-state index contributed by atoms with van der Waals surface area (Å²) in [5, 5.41) is 3.92. The van der Waals surface area contributed by atoms with Crippen LogP contribution in [0, 0.1) is 27.7 Å². The monoisotopic (exact) mass is 365 g/mol. The first-order valence-corrected chi connectivity index (χ1v) is 8.84. The van der Waals surface area contributed by atoms with Crippen LogP contribution in [0.25, 0.3) is 0 Å². The number of benzene rings is 2. The van der Waals surface area contributed by atoms with E-state index in [9.17, 15) is 4.79 Å². The highest BCUT2D eigenvalue weighted by molar-refractivity contribution is 5.76. The van der Waals surface area contributed by atoms with Crippen LogP contribution >= 0.6 is 0 Å². The van der Waals surface area contributed by atoms with Crippen LogP contribution < -0.4 is 9.47 Å². The Balaban J connectivity index is 1.58. The molecule has 140 valence electrons. The van der Waals surface area contributed by atoms with Gasteiger partial charge in [-0.3, -0.25) is 4.79 Å². The van der Waals surface area contributed by atoms with Crippen LogP contribution in [0.4, 0.5) is 0 Å². The summed E-state index contributed by atoms with van der Waals surface area (Å²) < 4.78 is 16.5. The van der Waals surface area contributed by atoms with Crippen LogP contribution in [0.2, 0.25) is 0 Å². The van der Waals surface area contributed by atoms with Crippen LogP contribution in [0.1, 0.15) is 33.7 Å². The van der Waals surface area contributed by atoms with Gasteiger partial charge in [0.1, 0.15) is 23.9 Å². The molecule has 3 aromatic rings. The van der Waals surface area contributed by atoms with E-state index in [0.717, 1.165) is 39.5 Å². The van der Waals surface area contributed by atoms with Crippen molar-refractivity contribution in [2.75, 3.05) is 0 Å². The van der Waals surface area contributed by atoms with Crippen LogP contribution in [0.15, 0.2) is 47.0 Å². The van der Waals surface area contributed by atoms with E-state index in [1.165, 1.54) is 0 Å². The molecule has 1 heterocycles. The lowest BCUT2D eigenvalue weighted by Gasteiger charge is -2.10. The molecule has 0 saturated carbocycles. The zero-order chi connectivity index (χ0) is 19.4. The first-order valence-electron chi connectivity index (χ1n) is 8.84. The Bertz CT molecular complexity index is 902. The lowest BCUT2D eigenvalue weighted by Crippen LogP contribution is -2.12. The average molecular weight is 365 g/mol. The van der Waals surface area contributed by atoms with E-state index in [1.807, 2.05) is 70.2 Å². The normalized spacial score (nSPS) is 10.7. The molecule has 0 N–H and O–H groups in total. The van der Waals surface area contributed by atoms with Gasteiger partial charge in [-0.1, -0.05) is 35.5 Å². The molecule has 0 aliphatic carbocycles. The molecule has 0 aliphatic rings. The molecule has 1 aromatic heterocycles. The van der Waals surface area contributed by atoms with Gasteiger partial charge in [0.05, 0.1) is 17.7 Å². The molecule has 0 saturated heterocycles. The second-order valence-electron chi connectivity index (χ2n) is 6.61. The largest absolute Gasteiger partial charge is 0.489 e. The van der Waals surface area contributed by atoms with Crippen molar-refractivity contribution in [3.63, 3.8) is 0 Å². The number of hydrogen-bond acceptors (Lipinski definition) is 5. The van der Waals surface area contributed by atoms with Crippen molar-refractivity contribution in [3.8, 4) is 11.5 Å². The van der Waals surface area contributed by atoms with Gasteiger partial charge in [-0.25, -0.2) is 0 Å². The fourth-order valence-corrected chi connectivity index (χ4v) is 2.84. The first-order chi connectivity index (χ1) is 12.9. The van der Waals surface area contributed by atoms with Gasteiger partial charge in [0, 0.05) is 0 Å². The molecule has 0 unspecified atom stereocenters. The Kier molecular flexibility index (Phi) is 5.60. The molecule has 0 fully saturated rings. The van der Waals surface area contributed by atoms with Crippen LogP contribution in [0.5, 0.6) is 11.5 Å². The van der Waals surface area contributed by atoms with Gasteiger partial charge in [-0.2, -0.15) is 0 Å². The smallest absolute Gasteiger partial charge is 0.315 e. The van der Waals surface area contributed by atoms with Gasteiger partial charge in [0.15, 0.2) is 0 Å². The van der Waals surface area contributed by atoms with E-state index in [4.69, 9.17) is 14.0 Å². The standard InChI is InChI=1S/C22H23NO4/c1-14-6-5-7-15(2)22(14)26-21(24)12-18-8-10-19(11-9-18)25-13-20-16(3)23-27-17(20)4/h5-11H,12-13H2,1-4H3. The SMILES string of the molecule is Cc1cccc(C)c1OC(=O)Cc1ccc(OCc2c(C)noc2C)cc1. The van der Waals surface area contributed by atoms with Gasteiger partial charge in [0.25, 0.3) is 0 Å². The van der Waals surface area contributed by atoms with E-state index in [-0.39, 0.29) is 12.4 Å². The van der Waals surface area contributed by atoms with Gasteiger partial charge in [-0.15, -0.1) is 0 Å². The molecular weight excluding hydrogens is 342 g/mol. The van der Waals surface area contributed by atoms with Gasteiger partial charge in [-0.05, 0) is 56.5 Å². The number of aryl methyl sites for hydroxylation is 4. The maximum atomic E-state index is 12.3. The summed E-state index contributed by atoms with van der Waals surface area (Å²) in [6.07, 6.45) is 0.206. The van der Waals surface area contributed by atoms with Crippen molar-refractivity contribution in [1.82, 2.24) is 5.16 Å². The lowest BCUT2D eigenvalue weighted by molar-refractivity contribution is -0.133. The first kappa shape index (κ1) is 18.7. The Hall–Kier alpha value is -3.08. The van der Waals surface area contributed by atoms with Crippen LogP contribution in [0.3, 0.4) is 0 Å². The quantitative estimate of drug-likeness (QED) is 0.471.